The highest BCUT2D eigenvalue weighted by Crippen LogP contribution is 2.16. The molecule has 0 saturated carbocycles. The predicted octanol–water partition coefficient (Wildman–Crippen LogP) is 2.55. The van der Waals surface area contributed by atoms with Gasteiger partial charge in [-0.25, -0.2) is 0 Å². The number of benzene rings is 1. The van der Waals surface area contributed by atoms with Gasteiger partial charge in [-0.15, -0.1) is 0 Å². The minimum Gasteiger partial charge on any atom is -0.396 e. The fraction of sp³-hybridized carbons (Fsp3) is 0.182. The van der Waals surface area contributed by atoms with Crippen molar-refractivity contribution in [2.24, 2.45) is 0 Å². The van der Waals surface area contributed by atoms with Crippen molar-refractivity contribution < 1.29 is 9.90 Å². The van der Waals surface area contributed by atoms with Crippen LogP contribution >= 0.6 is 11.6 Å². The standard InChI is InChI=1S/C11H11ClO2/c12-11-5-4-9(3-1-2-6-13)7-10(11)8-14/h1,3-5,7-8,13H,2,6H2. The topological polar surface area (TPSA) is 37.3 Å². The van der Waals surface area contributed by atoms with Crippen LogP contribution in [0.4, 0.5) is 0 Å². The fourth-order valence-electron chi connectivity index (χ4n) is 1.05. The van der Waals surface area contributed by atoms with Gasteiger partial charge in [0.25, 0.3) is 0 Å². The summed E-state index contributed by atoms with van der Waals surface area (Å²) in [7, 11) is 0. The van der Waals surface area contributed by atoms with Gasteiger partial charge < -0.3 is 5.11 Å². The first kappa shape index (κ1) is 11.0. The zero-order valence-corrected chi connectivity index (χ0v) is 8.37. The van der Waals surface area contributed by atoms with Crippen LogP contribution in [0.15, 0.2) is 24.3 Å². The van der Waals surface area contributed by atoms with Crippen LogP contribution in [0.3, 0.4) is 0 Å². The highest BCUT2D eigenvalue weighted by Gasteiger charge is 1.98. The van der Waals surface area contributed by atoms with Crippen LogP contribution in [0, 0.1) is 0 Å². The van der Waals surface area contributed by atoms with E-state index in [4.69, 9.17) is 16.7 Å². The van der Waals surface area contributed by atoms with E-state index in [-0.39, 0.29) is 6.61 Å². The van der Waals surface area contributed by atoms with Crippen molar-refractivity contribution in [1.82, 2.24) is 0 Å². The molecule has 0 spiro atoms. The van der Waals surface area contributed by atoms with Gasteiger partial charge in [0.15, 0.2) is 6.29 Å². The van der Waals surface area contributed by atoms with Gasteiger partial charge in [0, 0.05) is 12.2 Å². The second-order valence-corrected chi connectivity index (χ2v) is 3.22. The Morgan fingerprint density at radius 1 is 1.43 bits per heavy atom. The number of aliphatic hydroxyl groups excluding tert-OH is 1. The number of hydrogen-bond acceptors (Lipinski definition) is 2. The van der Waals surface area contributed by atoms with Crippen molar-refractivity contribution in [3.05, 3.63) is 40.4 Å². The highest BCUT2D eigenvalue weighted by molar-refractivity contribution is 6.33. The molecule has 0 aliphatic carbocycles. The lowest BCUT2D eigenvalue weighted by molar-refractivity contribution is 0.112. The van der Waals surface area contributed by atoms with Crippen LogP contribution < -0.4 is 0 Å². The number of aliphatic hydroxyl groups is 1. The maximum atomic E-state index is 10.6. The summed E-state index contributed by atoms with van der Waals surface area (Å²) in [5, 5.41) is 9.02. The van der Waals surface area contributed by atoms with E-state index < -0.39 is 0 Å². The third kappa shape index (κ3) is 2.98. The van der Waals surface area contributed by atoms with Crippen molar-refractivity contribution in [3.63, 3.8) is 0 Å². The van der Waals surface area contributed by atoms with Gasteiger partial charge in [-0.2, -0.15) is 0 Å². The van der Waals surface area contributed by atoms with Gasteiger partial charge in [0.05, 0.1) is 5.02 Å². The Morgan fingerprint density at radius 2 is 2.21 bits per heavy atom. The molecule has 2 nitrogen and oxygen atoms in total. The molecule has 0 aliphatic heterocycles. The molecule has 3 heteroatoms. The van der Waals surface area contributed by atoms with E-state index in [1.54, 1.807) is 12.1 Å². The molecule has 14 heavy (non-hydrogen) atoms. The Morgan fingerprint density at radius 3 is 2.86 bits per heavy atom. The first-order chi connectivity index (χ1) is 6.77. The lowest BCUT2D eigenvalue weighted by Crippen LogP contribution is -1.83. The molecule has 0 aliphatic rings. The van der Waals surface area contributed by atoms with Crippen LogP contribution in [0.1, 0.15) is 22.3 Å². The third-order valence-corrected chi connectivity index (χ3v) is 2.10. The molecule has 1 aromatic rings. The van der Waals surface area contributed by atoms with Crippen molar-refractivity contribution >= 4 is 24.0 Å². The van der Waals surface area contributed by atoms with Crippen molar-refractivity contribution in [1.29, 1.82) is 0 Å². The molecule has 0 radical (unpaired) electrons. The summed E-state index contributed by atoms with van der Waals surface area (Å²) in [4.78, 5) is 10.6. The Hall–Kier alpha value is -1.12. The van der Waals surface area contributed by atoms with E-state index in [0.29, 0.717) is 17.0 Å². The first-order valence-corrected chi connectivity index (χ1v) is 4.68. The summed E-state index contributed by atoms with van der Waals surface area (Å²) in [5.74, 6) is 0. The number of carbonyl (C=O) groups is 1. The summed E-state index contributed by atoms with van der Waals surface area (Å²) in [6.45, 7) is 0.130. The molecule has 1 rings (SSSR count). The van der Waals surface area contributed by atoms with Crippen molar-refractivity contribution in [2.75, 3.05) is 6.61 Å². The van der Waals surface area contributed by atoms with Crippen LogP contribution in [0.25, 0.3) is 6.08 Å². The predicted molar refractivity (Wildman–Crippen MR) is 57.6 cm³/mol. The summed E-state index contributed by atoms with van der Waals surface area (Å²) < 4.78 is 0. The summed E-state index contributed by atoms with van der Waals surface area (Å²) in [6, 6.07) is 5.22. The van der Waals surface area contributed by atoms with Crippen LogP contribution in [0.5, 0.6) is 0 Å². The largest absolute Gasteiger partial charge is 0.396 e. The Kier molecular flexibility index (Phi) is 4.36. The van der Waals surface area contributed by atoms with Gasteiger partial charge in [-0.3, -0.25) is 4.79 Å². The van der Waals surface area contributed by atoms with E-state index in [1.807, 2.05) is 18.2 Å². The first-order valence-electron chi connectivity index (χ1n) is 4.30. The van der Waals surface area contributed by atoms with E-state index in [0.717, 1.165) is 11.8 Å². The van der Waals surface area contributed by atoms with Crippen LogP contribution in [-0.4, -0.2) is 18.0 Å². The molecular formula is C11H11ClO2. The van der Waals surface area contributed by atoms with E-state index >= 15 is 0 Å². The second-order valence-electron chi connectivity index (χ2n) is 2.81. The summed E-state index contributed by atoms with van der Waals surface area (Å²) in [5.41, 5.74) is 1.39. The van der Waals surface area contributed by atoms with Crippen molar-refractivity contribution in [2.45, 2.75) is 6.42 Å². The van der Waals surface area contributed by atoms with Crippen LogP contribution in [0.2, 0.25) is 5.02 Å². The minimum absolute atomic E-state index is 0.130. The van der Waals surface area contributed by atoms with Gasteiger partial charge in [-0.05, 0) is 24.1 Å². The number of hydrogen-bond donors (Lipinski definition) is 1. The molecule has 74 valence electrons. The molecule has 0 saturated heterocycles. The highest BCUT2D eigenvalue weighted by atomic mass is 35.5. The third-order valence-electron chi connectivity index (χ3n) is 1.75. The smallest absolute Gasteiger partial charge is 0.151 e. The molecule has 0 fully saturated rings. The molecule has 0 heterocycles. The maximum absolute atomic E-state index is 10.6. The molecule has 1 N–H and O–H groups in total. The zero-order chi connectivity index (χ0) is 10.4. The Labute approximate surface area is 87.8 Å². The number of aldehydes is 1. The minimum atomic E-state index is 0.130. The molecule has 0 bridgehead atoms. The quantitative estimate of drug-likeness (QED) is 0.776. The fourth-order valence-corrected chi connectivity index (χ4v) is 1.21. The average Bonchev–Trinajstić information content (AvgIpc) is 2.21. The van der Waals surface area contributed by atoms with E-state index in [9.17, 15) is 4.79 Å². The summed E-state index contributed by atoms with van der Waals surface area (Å²) >= 11 is 5.76. The maximum Gasteiger partial charge on any atom is 0.151 e. The normalized spacial score (nSPS) is 10.7. The molecule has 1 aromatic carbocycles. The van der Waals surface area contributed by atoms with Crippen LogP contribution in [-0.2, 0) is 0 Å². The van der Waals surface area contributed by atoms with Gasteiger partial charge in [0.1, 0.15) is 0 Å². The van der Waals surface area contributed by atoms with E-state index in [1.165, 1.54) is 0 Å². The molecular weight excluding hydrogens is 200 g/mol. The van der Waals surface area contributed by atoms with Gasteiger partial charge in [-0.1, -0.05) is 29.8 Å². The van der Waals surface area contributed by atoms with Gasteiger partial charge >= 0.3 is 0 Å². The summed E-state index contributed by atoms with van der Waals surface area (Å²) in [6.07, 6.45) is 5.03. The number of rotatable bonds is 4. The molecule has 0 amide bonds. The second kappa shape index (κ2) is 5.58. The van der Waals surface area contributed by atoms with E-state index in [2.05, 4.69) is 0 Å². The Balaban J connectivity index is 2.84. The lowest BCUT2D eigenvalue weighted by atomic mass is 10.1. The molecule has 0 atom stereocenters. The zero-order valence-electron chi connectivity index (χ0n) is 7.61. The number of carbonyl (C=O) groups excluding carboxylic acids is 1. The van der Waals surface area contributed by atoms with Crippen molar-refractivity contribution in [3.8, 4) is 0 Å². The average molecular weight is 211 g/mol. The molecule has 0 unspecified atom stereocenters. The molecule has 0 aromatic heterocycles. The Bertz CT molecular complexity index is 345. The number of halogens is 1. The lowest BCUT2D eigenvalue weighted by Gasteiger charge is -1.97. The van der Waals surface area contributed by atoms with Gasteiger partial charge in [0.2, 0.25) is 0 Å². The monoisotopic (exact) mass is 210 g/mol. The SMILES string of the molecule is O=Cc1cc(C=CCCO)ccc1Cl.